The first kappa shape index (κ1) is 23.8. The number of thioether (sulfide) groups is 1. The topological polar surface area (TPSA) is 55.4 Å². The van der Waals surface area contributed by atoms with Gasteiger partial charge in [-0.05, 0) is 48.3 Å². The Morgan fingerprint density at radius 1 is 1.12 bits per heavy atom. The quantitative estimate of drug-likeness (QED) is 0.349. The zero-order valence-corrected chi connectivity index (χ0v) is 21.3. The third-order valence-corrected chi connectivity index (χ3v) is 7.52. The van der Waals surface area contributed by atoms with Crippen LogP contribution >= 0.6 is 27.7 Å². The van der Waals surface area contributed by atoms with Gasteiger partial charge in [0, 0.05) is 39.5 Å². The van der Waals surface area contributed by atoms with Gasteiger partial charge in [0.1, 0.15) is 6.61 Å². The zero-order valence-electron chi connectivity index (χ0n) is 18.9. The Kier molecular flexibility index (Phi) is 7.76. The Hall–Kier alpha value is -2.31. The molecule has 6 heteroatoms. The molecule has 0 saturated heterocycles. The molecule has 2 aliphatic rings. The standard InChI is InChI=1S/C27H28BrNO3S/c1-3-33-13-12-32-27(31)24-17(2)29-22-15-20(18-8-5-4-6-9-18)16-23(30)26(22)25(24)19-10-7-11-21(28)14-19/h4-11,14,20,25,29H,3,12-13,15-16H2,1-2H3/t20-,25-/m0/s1. The number of ether oxygens (including phenoxy) is 1. The van der Waals surface area contributed by atoms with Crippen molar-refractivity contribution in [1.29, 1.82) is 0 Å². The van der Waals surface area contributed by atoms with Crippen molar-refractivity contribution in [2.75, 3.05) is 18.1 Å². The van der Waals surface area contributed by atoms with Gasteiger partial charge in [0.25, 0.3) is 0 Å². The smallest absolute Gasteiger partial charge is 0.336 e. The third kappa shape index (κ3) is 5.28. The van der Waals surface area contributed by atoms with E-state index in [1.165, 1.54) is 5.56 Å². The maximum absolute atomic E-state index is 13.6. The van der Waals surface area contributed by atoms with Gasteiger partial charge in [0.05, 0.1) is 5.57 Å². The normalized spacial score (nSPS) is 20.4. The number of rotatable bonds is 7. The molecule has 4 rings (SSSR count). The molecule has 0 unspecified atom stereocenters. The van der Waals surface area contributed by atoms with Crippen LogP contribution in [0.1, 0.15) is 49.7 Å². The molecule has 0 saturated carbocycles. The van der Waals surface area contributed by atoms with Crippen LogP contribution in [0.2, 0.25) is 0 Å². The third-order valence-electron chi connectivity index (χ3n) is 6.17. The number of nitrogens with one attached hydrogen (secondary N) is 1. The van der Waals surface area contributed by atoms with Gasteiger partial charge < -0.3 is 10.1 Å². The molecule has 1 aliphatic carbocycles. The fraction of sp³-hybridized carbons (Fsp3) is 0.333. The van der Waals surface area contributed by atoms with Crippen molar-refractivity contribution in [2.24, 2.45) is 0 Å². The van der Waals surface area contributed by atoms with Gasteiger partial charge in [-0.25, -0.2) is 4.79 Å². The summed E-state index contributed by atoms with van der Waals surface area (Å²) in [4.78, 5) is 26.8. The van der Waals surface area contributed by atoms with Crippen LogP contribution in [0.5, 0.6) is 0 Å². The number of esters is 1. The van der Waals surface area contributed by atoms with E-state index >= 15 is 0 Å². The van der Waals surface area contributed by atoms with Crippen molar-refractivity contribution in [3.05, 3.63) is 92.7 Å². The molecule has 0 radical (unpaired) electrons. The van der Waals surface area contributed by atoms with E-state index in [1.54, 1.807) is 11.8 Å². The second kappa shape index (κ2) is 10.7. The van der Waals surface area contributed by atoms with E-state index in [2.05, 4.69) is 40.3 Å². The minimum atomic E-state index is -0.436. The minimum absolute atomic E-state index is 0.0851. The monoisotopic (exact) mass is 525 g/mol. The Bertz CT molecular complexity index is 1110. The summed E-state index contributed by atoms with van der Waals surface area (Å²) < 4.78 is 6.55. The van der Waals surface area contributed by atoms with E-state index in [1.807, 2.05) is 49.4 Å². The van der Waals surface area contributed by atoms with Gasteiger partial charge in [-0.2, -0.15) is 11.8 Å². The number of Topliss-reactive ketones (excluding diaryl/α,β-unsaturated/α-hetero) is 1. The summed E-state index contributed by atoms with van der Waals surface area (Å²) in [6.45, 7) is 4.34. The van der Waals surface area contributed by atoms with Crippen molar-refractivity contribution in [3.63, 3.8) is 0 Å². The van der Waals surface area contributed by atoms with Crippen molar-refractivity contribution in [1.82, 2.24) is 5.32 Å². The lowest BCUT2D eigenvalue weighted by molar-refractivity contribution is -0.138. The van der Waals surface area contributed by atoms with E-state index in [9.17, 15) is 9.59 Å². The van der Waals surface area contributed by atoms with E-state index < -0.39 is 5.92 Å². The number of halogens is 1. The number of hydrogen-bond donors (Lipinski definition) is 1. The molecule has 1 aliphatic heterocycles. The number of dihydropyridines is 1. The second-order valence-corrected chi connectivity index (χ2v) is 10.6. The van der Waals surface area contributed by atoms with Crippen molar-refractivity contribution in [2.45, 2.75) is 38.5 Å². The summed E-state index contributed by atoms with van der Waals surface area (Å²) in [7, 11) is 0. The molecule has 33 heavy (non-hydrogen) atoms. The Morgan fingerprint density at radius 3 is 2.61 bits per heavy atom. The Labute approximate surface area is 208 Å². The van der Waals surface area contributed by atoms with Crippen LogP contribution in [0.4, 0.5) is 0 Å². The molecule has 2 atom stereocenters. The fourth-order valence-electron chi connectivity index (χ4n) is 4.71. The van der Waals surface area contributed by atoms with Crippen LogP contribution < -0.4 is 5.32 Å². The molecule has 0 spiro atoms. The molecule has 2 aromatic rings. The fourth-order valence-corrected chi connectivity index (χ4v) is 5.61. The van der Waals surface area contributed by atoms with Crippen LogP contribution in [-0.2, 0) is 14.3 Å². The largest absolute Gasteiger partial charge is 0.461 e. The van der Waals surface area contributed by atoms with Gasteiger partial charge in [0.15, 0.2) is 5.78 Å². The number of benzene rings is 2. The number of carbonyl (C=O) groups is 2. The number of hydrogen-bond acceptors (Lipinski definition) is 5. The Morgan fingerprint density at radius 2 is 1.88 bits per heavy atom. The highest BCUT2D eigenvalue weighted by molar-refractivity contribution is 9.10. The molecule has 0 aromatic heterocycles. The van der Waals surface area contributed by atoms with Gasteiger partial charge in [-0.15, -0.1) is 0 Å². The second-order valence-electron chi connectivity index (χ2n) is 8.32. The van der Waals surface area contributed by atoms with Gasteiger partial charge >= 0.3 is 5.97 Å². The average Bonchev–Trinajstić information content (AvgIpc) is 2.81. The molecule has 2 aromatic carbocycles. The predicted octanol–water partition coefficient (Wildman–Crippen LogP) is 6.11. The molecule has 1 heterocycles. The number of allylic oxidation sites excluding steroid dienone is 3. The van der Waals surface area contributed by atoms with Gasteiger partial charge in [-0.1, -0.05) is 65.3 Å². The highest BCUT2D eigenvalue weighted by Crippen LogP contribution is 2.46. The van der Waals surface area contributed by atoms with Crippen LogP contribution in [0.15, 0.2) is 81.6 Å². The molecule has 0 amide bonds. The molecular formula is C27H28BrNO3S. The summed E-state index contributed by atoms with van der Waals surface area (Å²) in [5, 5.41) is 3.42. The zero-order chi connectivity index (χ0) is 23.4. The van der Waals surface area contributed by atoms with Gasteiger partial charge in [0.2, 0.25) is 0 Å². The summed E-state index contributed by atoms with van der Waals surface area (Å²) >= 11 is 5.29. The van der Waals surface area contributed by atoms with Crippen LogP contribution in [0.25, 0.3) is 0 Å². The maximum Gasteiger partial charge on any atom is 0.336 e. The molecule has 172 valence electrons. The average molecular weight is 526 g/mol. The summed E-state index contributed by atoms with van der Waals surface area (Å²) in [6.07, 6.45) is 1.17. The first-order valence-corrected chi connectivity index (χ1v) is 13.2. The number of carbonyl (C=O) groups excluding carboxylic acids is 2. The summed E-state index contributed by atoms with van der Waals surface area (Å²) in [5.41, 5.74) is 4.98. The molecule has 0 fully saturated rings. The van der Waals surface area contributed by atoms with Crippen LogP contribution in [0, 0.1) is 0 Å². The maximum atomic E-state index is 13.6. The lowest BCUT2D eigenvalue weighted by Crippen LogP contribution is -2.36. The van der Waals surface area contributed by atoms with Crippen molar-refractivity contribution in [3.8, 4) is 0 Å². The van der Waals surface area contributed by atoms with E-state index in [4.69, 9.17) is 4.74 Å². The van der Waals surface area contributed by atoms with E-state index in [-0.39, 0.29) is 17.7 Å². The minimum Gasteiger partial charge on any atom is -0.461 e. The predicted molar refractivity (Wildman–Crippen MR) is 137 cm³/mol. The summed E-state index contributed by atoms with van der Waals surface area (Å²) in [5.74, 6) is 1.16. The molecule has 0 bridgehead atoms. The first-order valence-electron chi connectivity index (χ1n) is 11.3. The van der Waals surface area contributed by atoms with Crippen molar-refractivity contribution < 1.29 is 14.3 Å². The van der Waals surface area contributed by atoms with Crippen molar-refractivity contribution >= 4 is 39.4 Å². The lowest BCUT2D eigenvalue weighted by atomic mass is 9.72. The first-order chi connectivity index (χ1) is 16.0. The molecule has 4 nitrogen and oxygen atoms in total. The lowest BCUT2D eigenvalue weighted by Gasteiger charge is -2.36. The molecular weight excluding hydrogens is 498 g/mol. The van der Waals surface area contributed by atoms with Gasteiger partial charge in [-0.3, -0.25) is 4.79 Å². The van der Waals surface area contributed by atoms with E-state index in [0.717, 1.165) is 39.4 Å². The van der Waals surface area contributed by atoms with Crippen LogP contribution in [-0.4, -0.2) is 29.9 Å². The number of ketones is 1. The Balaban J connectivity index is 1.72. The highest BCUT2D eigenvalue weighted by Gasteiger charge is 2.41. The molecule has 1 N–H and O–H groups in total. The van der Waals surface area contributed by atoms with E-state index in [0.29, 0.717) is 24.2 Å². The highest BCUT2D eigenvalue weighted by atomic mass is 79.9. The summed E-state index contributed by atoms with van der Waals surface area (Å²) in [6, 6.07) is 18.0. The van der Waals surface area contributed by atoms with Crippen LogP contribution in [0.3, 0.4) is 0 Å². The SMILES string of the molecule is CCSCCOC(=O)C1=C(C)NC2=C(C(=O)C[C@@H](c3ccccc3)C2)[C@H]1c1cccc(Br)c1.